The van der Waals surface area contributed by atoms with Gasteiger partial charge in [-0.1, -0.05) is 6.07 Å². The molecule has 2 heterocycles. The van der Waals surface area contributed by atoms with E-state index in [1.54, 1.807) is 6.20 Å². The number of benzene rings is 1. The van der Waals surface area contributed by atoms with Crippen molar-refractivity contribution in [3.63, 3.8) is 0 Å². The Labute approximate surface area is 124 Å². The number of fused-ring (bicyclic) bond motifs is 1. The van der Waals surface area contributed by atoms with Gasteiger partial charge in [0, 0.05) is 43.3 Å². The van der Waals surface area contributed by atoms with Crippen LogP contribution in [0.5, 0.6) is 0 Å². The molecule has 110 valence electrons. The number of rotatable bonds is 6. The zero-order valence-corrected chi connectivity index (χ0v) is 12.0. The Bertz CT molecular complexity index is 607. The highest BCUT2D eigenvalue weighted by molar-refractivity contribution is 5.95. The van der Waals surface area contributed by atoms with Gasteiger partial charge < -0.3 is 15.2 Å². The fourth-order valence-corrected chi connectivity index (χ4v) is 2.57. The number of imidazole rings is 1. The van der Waals surface area contributed by atoms with Gasteiger partial charge in [-0.3, -0.25) is 4.79 Å². The molecule has 1 aliphatic heterocycles. The topological polar surface area (TPSA) is 59.0 Å². The third kappa shape index (κ3) is 3.42. The Kier molecular flexibility index (Phi) is 4.19. The maximum Gasteiger partial charge on any atom is 0.251 e. The minimum absolute atomic E-state index is 0.00845. The van der Waals surface area contributed by atoms with Crippen molar-refractivity contribution >= 4 is 11.6 Å². The summed E-state index contributed by atoms with van der Waals surface area (Å²) in [6, 6.07) is 5.90. The molecule has 0 bridgehead atoms. The lowest BCUT2D eigenvalue weighted by Crippen LogP contribution is -2.24. The molecular weight excluding hydrogens is 264 g/mol. The molecule has 21 heavy (non-hydrogen) atoms. The van der Waals surface area contributed by atoms with Gasteiger partial charge in [-0.15, -0.1) is 0 Å². The minimum atomic E-state index is 0.00845. The molecule has 0 saturated heterocycles. The first-order valence-electron chi connectivity index (χ1n) is 7.44. The molecule has 1 amide bonds. The highest BCUT2D eigenvalue weighted by Gasteiger charge is 2.12. The summed E-state index contributed by atoms with van der Waals surface area (Å²) >= 11 is 0. The van der Waals surface area contributed by atoms with Crippen molar-refractivity contribution in [1.82, 2.24) is 14.9 Å². The fraction of sp³-hybridized carbons (Fsp3) is 0.375. The van der Waals surface area contributed by atoms with Crippen LogP contribution in [0.1, 0.15) is 28.8 Å². The van der Waals surface area contributed by atoms with Crippen LogP contribution >= 0.6 is 0 Å². The van der Waals surface area contributed by atoms with Crippen LogP contribution < -0.4 is 10.6 Å². The van der Waals surface area contributed by atoms with Crippen LogP contribution in [0, 0.1) is 0 Å². The van der Waals surface area contributed by atoms with Crippen molar-refractivity contribution in [2.24, 2.45) is 0 Å². The number of carbonyl (C=O) groups is 1. The normalized spacial score (nSPS) is 12.8. The molecule has 2 N–H and O–H groups in total. The van der Waals surface area contributed by atoms with E-state index in [2.05, 4.69) is 15.6 Å². The second-order valence-corrected chi connectivity index (χ2v) is 5.31. The van der Waals surface area contributed by atoms with Gasteiger partial charge >= 0.3 is 0 Å². The molecule has 1 aromatic heterocycles. The van der Waals surface area contributed by atoms with Crippen molar-refractivity contribution in [2.45, 2.75) is 25.8 Å². The maximum absolute atomic E-state index is 12.1. The average molecular weight is 284 g/mol. The SMILES string of the molecule is O=C(NCCCCn1ccnc1)c1ccc2c(c1)NCC2. The molecule has 1 aromatic carbocycles. The molecule has 0 unspecified atom stereocenters. The van der Waals surface area contributed by atoms with Gasteiger partial charge in [0.25, 0.3) is 5.91 Å². The van der Waals surface area contributed by atoms with Gasteiger partial charge in [0.2, 0.25) is 0 Å². The number of aromatic nitrogens is 2. The first-order chi connectivity index (χ1) is 10.3. The highest BCUT2D eigenvalue weighted by Crippen LogP contribution is 2.23. The molecule has 0 spiro atoms. The Morgan fingerprint density at radius 3 is 3.19 bits per heavy atom. The Morgan fingerprint density at radius 1 is 1.38 bits per heavy atom. The largest absolute Gasteiger partial charge is 0.384 e. The van der Waals surface area contributed by atoms with E-state index < -0.39 is 0 Å². The Balaban J connectivity index is 1.42. The number of carbonyl (C=O) groups excluding carboxylic acids is 1. The van der Waals surface area contributed by atoms with Crippen LogP contribution in [0.4, 0.5) is 5.69 Å². The molecule has 2 aromatic rings. The Morgan fingerprint density at radius 2 is 2.33 bits per heavy atom. The molecule has 5 nitrogen and oxygen atoms in total. The summed E-state index contributed by atoms with van der Waals surface area (Å²) in [5.41, 5.74) is 3.13. The second-order valence-electron chi connectivity index (χ2n) is 5.31. The first-order valence-corrected chi connectivity index (χ1v) is 7.44. The van der Waals surface area contributed by atoms with E-state index in [0.717, 1.165) is 43.6 Å². The van der Waals surface area contributed by atoms with E-state index in [-0.39, 0.29) is 5.91 Å². The summed E-state index contributed by atoms with van der Waals surface area (Å²) in [6.07, 6.45) is 8.59. The lowest BCUT2D eigenvalue weighted by molar-refractivity contribution is 0.0953. The van der Waals surface area contributed by atoms with Crippen molar-refractivity contribution < 1.29 is 4.79 Å². The van der Waals surface area contributed by atoms with Crippen LogP contribution in [-0.2, 0) is 13.0 Å². The predicted molar refractivity (Wildman–Crippen MR) is 82.4 cm³/mol. The zero-order valence-electron chi connectivity index (χ0n) is 12.0. The molecular formula is C16H20N4O. The van der Waals surface area contributed by atoms with Crippen LogP contribution in [0.2, 0.25) is 0 Å². The number of hydrogen-bond acceptors (Lipinski definition) is 3. The fourth-order valence-electron chi connectivity index (χ4n) is 2.57. The van der Waals surface area contributed by atoms with E-state index in [9.17, 15) is 4.79 Å². The lowest BCUT2D eigenvalue weighted by Gasteiger charge is -2.07. The number of hydrogen-bond donors (Lipinski definition) is 2. The van der Waals surface area contributed by atoms with Crippen LogP contribution in [0.25, 0.3) is 0 Å². The van der Waals surface area contributed by atoms with Gasteiger partial charge in [0.1, 0.15) is 0 Å². The highest BCUT2D eigenvalue weighted by atomic mass is 16.1. The maximum atomic E-state index is 12.1. The number of nitrogens with zero attached hydrogens (tertiary/aromatic N) is 2. The van der Waals surface area contributed by atoms with Crippen molar-refractivity contribution in [3.05, 3.63) is 48.0 Å². The zero-order chi connectivity index (χ0) is 14.5. The van der Waals surface area contributed by atoms with Gasteiger partial charge in [-0.2, -0.15) is 0 Å². The molecule has 0 fully saturated rings. The second kappa shape index (κ2) is 6.43. The number of unbranched alkanes of at least 4 members (excludes halogenated alkanes) is 1. The molecule has 0 saturated carbocycles. The van der Waals surface area contributed by atoms with Crippen LogP contribution in [0.15, 0.2) is 36.9 Å². The number of nitrogens with one attached hydrogen (secondary N) is 2. The molecule has 5 heteroatoms. The predicted octanol–water partition coefficient (Wildman–Crippen LogP) is 2.06. The number of aryl methyl sites for hydroxylation is 1. The van der Waals surface area contributed by atoms with Gasteiger partial charge in [0.05, 0.1) is 6.33 Å². The lowest BCUT2D eigenvalue weighted by atomic mass is 10.1. The molecule has 3 rings (SSSR count). The van der Waals surface area contributed by atoms with E-state index in [4.69, 9.17) is 0 Å². The van der Waals surface area contributed by atoms with Gasteiger partial charge in [-0.05, 0) is 37.0 Å². The summed E-state index contributed by atoms with van der Waals surface area (Å²) in [6.45, 7) is 2.62. The monoisotopic (exact) mass is 284 g/mol. The Hall–Kier alpha value is -2.30. The third-order valence-electron chi connectivity index (χ3n) is 3.77. The van der Waals surface area contributed by atoms with Crippen LogP contribution in [-0.4, -0.2) is 28.5 Å². The number of amides is 1. The van der Waals surface area contributed by atoms with Gasteiger partial charge in [-0.25, -0.2) is 4.98 Å². The summed E-state index contributed by atoms with van der Waals surface area (Å²) in [5.74, 6) is 0.00845. The number of anilines is 1. The van der Waals surface area contributed by atoms with E-state index in [0.29, 0.717) is 6.54 Å². The minimum Gasteiger partial charge on any atom is -0.384 e. The summed E-state index contributed by atoms with van der Waals surface area (Å²) in [7, 11) is 0. The molecule has 0 radical (unpaired) electrons. The van der Waals surface area contributed by atoms with Crippen LogP contribution in [0.3, 0.4) is 0 Å². The summed E-state index contributed by atoms with van der Waals surface area (Å²) < 4.78 is 2.05. The van der Waals surface area contributed by atoms with E-state index >= 15 is 0 Å². The quantitative estimate of drug-likeness (QED) is 0.798. The molecule has 1 aliphatic rings. The summed E-state index contributed by atoms with van der Waals surface area (Å²) in [4.78, 5) is 16.1. The van der Waals surface area contributed by atoms with E-state index in [1.165, 1.54) is 5.56 Å². The average Bonchev–Trinajstić information content (AvgIpc) is 3.17. The molecule has 0 atom stereocenters. The van der Waals surface area contributed by atoms with E-state index in [1.807, 2.05) is 35.3 Å². The van der Waals surface area contributed by atoms with Crippen molar-refractivity contribution in [3.8, 4) is 0 Å². The summed E-state index contributed by atoms with van der Waals surface area (Å²) in [5, 5.41) is 6.28. The molecule has 0 aliphatic carbocycles. The van der Waals surface area contributed by atoms with Crippen molar-refractivity contribution in [2.75, 3.05) is 18.4 Å². The third-order valence-corrected chi connectivity index (χ3v) is 3.77. The standard InChI is InChI=1S/C16H20N4O/c21-16(14-4-3-13-5-7-18-15(13)11-14)19-6-1-2-9-20-10-8-17-12-20/h3-4,8,10-12,18H,1-2,5-7,9H2,(H,19,21). The van der Waals surface area contributed by atoms with Crippen molar-refractivity contribution in [1.29, 1.82) is 0 Å². The first kappa shape index (κ1) is 13.7. The van der Waals surface area contributed by atoms with Gasteiger partial charge in [0.15, 0.2) is 0 Å². The smallest absolute Gasteiger partial charge is 0.251 e.